The van der Waals surface area contributed by atoms with Gasteiger partial charge >= 0.3 is 6.03 Å². The molecule has 1 saturated heterocycles. The van der Waals surface area contributed by atoms with Crippen LogP contribution in [0.15, 0.2) is 0 Å². The number of nitrogens with zero attached hydrogens (tertiary/aromatic N) is 2. The number of likely N-dealkylation sites (N-methyl/N-ethyl adjacent to an activating group) is 1. The van der Waals surface area contributed by atoms with Gasteiger partial charge in [0.25, 0.3) is 0 Å². The monoisotopic (exact) mass is 281 g/mol. The van der Waals surface area contributed by atoms with E-state index in [1.165, 1.54) is 19.3 Å². The smallest absolute Gasteiger partial charge is 0.317 e. The van der Waals surface area contributed by atoms with Gasteiger partial charge in [-0.1, -0.05) is 33.6 Å². The van der Waals surface area contributed by atoms with E-state index < -0.39 is 0 Å². The maximum absolute atomic E-state index is 12.4. The van der Waals surface area contributed by atoms with Crippen LogP contribution >= 0.6 is 0 Å². The number of hydrogen-bond acceptors (Lipinski definition) is 2. The first-order valence-corrected chi connectivity index (χ1v) is 8.39. The average molecular weight is 281 g/mol. The van der Waals surface area contributed by atoms with Crippen molar-refractivity contribution in [3.8, 4) is 0 Å². The Morgan fingerprint density at radius 3 is 2.40 bits per heavy atom. The molecule has 0 aromatic heterocycles. The van der Waals surface area contributed by atoms with Gasteiger partial charge in [0.15, 0.2) is 0 Å². The quantitative estimate of drug-likeness (QED) is 0.863. The summed E-state index contributed by atoms with van der Waals surface area (Å²) in [6, 6.07) is 0.554. The third-order valence-electron chi connectivity index (χ3n) is 5.09. The molecule has 1 heterocycles. The van der Waals surface area contributed by atoms with Gasteiger partial charge in [-0.15, -0.1) is 0 Å². The molecule has 1 saturated carbocycles. The second-order valence-corrected chi connectivity index (χ2v) is 6.67. The van der Waals surface area contributed by atoms with Gasteiger partial charge in [-0.25, -0.2) is 4.79 Å². The van der Waals surface area contributed by atoms with Gasteiger partial charge in [0, 0.05) is 32.2 Å². The molecule has 0 aromatic carbocycles. The molecule has 20 heavy (non-hydrogen) atoms. The first kappa shape index (κ1) is 15.6. The van der Waals surface area contributed by atoms with Crippen LogP contribution in [0.3, 0.4) is 0 Å². The molecule has 1 aliphatic heterocycles. The molecule has 2 fully saturated rings. The Morgan fingerprint density at radius 2 is 1.80 bits per heavy atom. The Balaban J connectivity index is 1.84. The molecule has 4 heteroatoms. The topological polar surface area (TPSA) is 35.6 Å². The molecule has 2 amide bonds. The van der Waals surface area contributed by atoms with E-state index in [0.717, 1.165) is 39.1 Å². The maximum atomic E-state index is 12.4. The number of rotatable bonds is 3. The SMILES string of the molecule is CCN1CCN(C(=O)NC2CCCCC2C(C)C)CC1. The second-order valence-electron chi connectivity index (χ2n) is 6.67. The first-order chi connectivity index (χ1) is 9.61. The fourth-order valence-electron chi connectivity index (χ4n) is 3.65. The normalized spacial score (nSPS) is 28.7. The van der Waals surface area contributed by atoms with E-state index in [4.69, 9.17) is 0 Å². The van der Waals surface area contributed by atoms with Crippen LogP contribution in [0, 0.1) is 11.8 Å². The number of urea groups is 1. The van der Waals surface area contributed by atoms with Gasteiger partial charge in [0.2, 0.25) is 0 Å². The summed E-state index contributed by atoms with van der Waals surface area (Å²) < 4.78 is 0. The Labute approximate surface area is 123 Å². The molecule has 2 rings (SSSR count). The minimum atomic E-state index is 0.165. The van der Waals surface area contributed by atoms with E-state index >= 15 is 0 Å². The van der Waals surface area contributed by atoms with Crippen molar-refractivity contribution in [3.05, 3.63) is 0 Å². The Morgan fingerprint density at radius 1 is 1.15 bits per heavy atom. The summed E-state index contributed by atoms with van der Waals surface area (Å²) >= 11 is 0. The van der Waals surface area contributed by atoms with Crippen LogP contribution in [0.2, 0.25) is 0 Å². The van der Waals surface area contributed by atoms with Crippen LogP contribution < -0.4 is 5.32 Å². The van der Waals surface area contributed by atoms with E-state index in [2.05, 4.69) is 31.0 Å². The predicted molar refractivity (Wildman–Crippen MR) is 82.8 cm³/mol. The highest BCUT2D eigenvalue weighted by Crippen LogP contribution is 2.30. The highest BCUT2D eigenvalue weighted by molar-refractivity contribution is 5.74. The van der Waals surface area contributed by atoms with Crippen LogP contribution in [-0.2, 0) is 0 Å². The van der Waals surface area contributed by atoms with Gasteiger partial charge < -0.3 is 15.1 Å². The zero-order chi connectivity index (χ0) is 14.5. The zero-order valence-electron chi connectivity index (χ0n) is 13.4. The third-order valence-corrected chi connectivity index (χ3v) is 5.09. The highest BCUT2D eigenvalue weighted by atomic mass is 16.2. The lowest BCUT2D eigenvalue weighted by atomic mass is 9.78. The summed E-state index contributed by atoms with van der Waals surface area (Å²) in [7, 11) is 0. The van der Waals surface area contributed by atoms with Crippen molar-refractivity contribution in [2.24, 2.45) is 11.8 Å². The summed E-state index contributed by atoms with van der Waals surface area (Å²) in [4.78, 5) is 16.8. The molecule has 0 spiro atoms. The van der Waals surface area contributed by atoms with Crippen molar-refractivity contribution in [3.63, 3.8) is 0 Å². The van der Waals surface area contributed by atoms with Crippen molar-refractivity contribution >= 4 is 6.03 Å². The van der Waals surface area contributed by atoms with Crippen LogP contribution in [0.4, 0.5) is 4.79 Å². The van der Waals surface area contributed by atoms with E-state index in [1.54, 1.807) is 0 Å². The van der Waals surface area contributed by atoms with Gasteiger partial charge in [-0.05, 0) is 31.2 Å². The van der Waals surface area contributed by atoms with E-state index in [-0.39, 0.29) is 6.03 Å². The largest absolute Gasteiger partial charge is 0.335 e. The minimum Gasteiger partial charge on any atom is -0.335 e. The lowest BCUT2D eigenvalue weighted by Crippen LogP contribution is -2.55. The summed E-state index contributed by atoms with van der Waals surface area (Å²) in [6.07, 6.45) is 5.01. The Bertz CT molecular complexity index is 311. The van der Waals surface area contributed by atoms with E-state index in [0.29, 0.717) is 17.9 Å². The van der Waals surface area contributed by atoms with E-state index in [9.17, 15) is 4.79 Å². The molecular weight excluding hydrogens is 250 g/mol. The van der Waals surface area contributed by atoms with Crippen LogP contribution in [0.1, 0.15) is 46.5 Å². The molecule has 0 bridgehead atoms. The van der Waals surface area contributed by atoms with Crippen molar-refractivity contribution in [2.45, 2.75) is 52.5 Å². The van der Waals surface area contributed by atoms with Crippen LogP contribution in [-0.4, -0.2) is 54.6 Å². The molecular formula is C16H31N3O. The summed E-state index contributed by atoms with van der Waals surface area (Å²) in [6.45, 7) is 11.6. The number of piperazine rings is 1. The highest BCUT2D eigenvalue weighted by Gasteiger charge is 2.30. The van der Waals surface area contributed by atoms with E-state index in [1.807, 2.05) is 4.90 Å². The van der Waals surface area contributed by atoms with Crippen LogP contribution in [0.25, 0.3) is 0 Å². The van der Waals surface area contributed by atoms with Crippen molar-refractivity contribution in [2.75, 3.05) is 32.7 Å². The van der Waals surface area contributed by atoms with Crippen molar-refractivity contribution in [1.29, 1.82) is 0 Å². The molecule has 2 atom stereocenters. The lowest BCUT2D eigenvalue weighted by Gasteiger charge is -2.38. The molecule has 2 unspecified atom stereocenters. The van der Waals surface area contributed by atoms with Gasteiger partial charge in [0.05, 0.1) is 0 Å². The summed E-state index contributed by atoms with van der Waals surface area (Å²) in [5, 5.41) is 3.32. The number of nitrogens with one attached hydrogen (secondary N) is 1. The van der Waals surface area contributed by atoms with Gasteiger partial charge in [0.1, 0.15) is 0 Å². The zero-order valence-corrected chi connectivity index (χ0v) is 13.4. The Kier molecular flexibility index (Phi) is 5.70. The predicted octanol–water partition coefficient (Wildman–Crippen LogP) is 2.55. The molecule has 0 aromatic rings. The second kappa shape index (κ2) is 7.30. The number of carbonyl (C=O) groups excluding carboxylic acids is 1. The number of hydrogen-bond donors (Lipinski definition) is 1. The molecule has 1 aliphatic carbocycles. The standard InChI is InChI=1S/C16H31N3O/c1-4-18-9-11-19(12-10-18)16(20)17-15-8-6-5-7-14(15)13(2)3/h13-15H,4-12H2,1-3H3,(H,17,20). The lowest BCUT2D eigenvalue weighted by molar-refractivity contribution is 0.130. The molecule has 116 valence electrons. The maximum Gasteiger partial charge on any atom is 0.317 e. The number of carbonyl (C=O) groups is 1. The van der Waals surface area contributed by atoms with Gasteiger partial charge in [-0.2, -0.15) is 0 Å². The molecule has 2 aliphatic rings. The minimum absolute atomic E-state index is 0.165. The third kappa shape index (κ3) is 3.87. The molecule has 0 radical (unpaired) electrons. The first-order valence-electron chi connectivity index (χ1n) is 8.39. The Hall–Kier alpha value is -0.770. The average Bonchev–Trinajstić information content (AvgIpc) is 2.47. The molecule has 4 nitrogen and oxygen atoms in total. The molecule has 1 N–H and O–H groups in total. The fraction of sp³-hybridized carbons (Fsp3) is 0.938. The van der Waals surface area contributed by atoms with Crippen molar-refractivity contribution in [1.82, 2.24) is 15.1 Å². The van der Waals surface area contributed by atoms with Crippen LogP contribution in [0.5, 0.6) is 0 Å². The summed E-state index contributed by atoms with van der Waals surface area (Å²) in [5.74, 6) is 1.32. The summed E-state index contributed by atoms with van der Waals surface area (Å²) in [5.41, 5.74) is 0. The fourth-order valence-corrected chi connectivity index (χ4v) is 3.65. The van der Waals surface area contributed by atoms with Crippen molar-refractivity contribution < 1.29 is 4.79 Å². The number of amides is 2. The van der Waals surface area contributed by atoms with Gasteiger partial charge in [-0.3, -0.25) is 0 Å².